The molecule has 0 aliphatic heterocycles. The fraction of sp³-hybridized carbons (Fsp3) is 1.00. The lowest BCUT2D eigenvalue weighted by atomic mass is 9.82. The summed E-state index contributed by atoms with van der Waals surface area (Å²) in [5.74, 6) is 1.00. The highest BCUT2D eigenvalue weighted by molar-refractivity contribution is 4.90. The predicted octanol–water partition coefficient (Wildman–Crippen LogP) is 1.54. The lowest BCUT2D eigenvalue weighted by molar-refractivity contribution is 0.240. The highest BCUT2D eigenvalue weighted by atomic mass is 15.0. The molecule has 2 aliphatic carbocycles. The number of hydrogen-bond donors (Lipinski definition) is 1. The van der Waals surface area contributed by atoms with Crippen molar-refractivity contribution in [1.82, 2.24) is 5.32 Å². The van der Waals surface area contributed by atoms with Gasteiger partial charge in [-0.05, 0) is 31.6 Å². The Morgan fingerprint density at radius 1 is 1.11 bits per heavy atom. The quantitative estimate of drug-likeness (QED) is 0.590. The van der Waals surface area contributed by atoms with Crippen molar-refractivity contribution in [2.45, 2.75) is 44.7 Å². The van der Waals surface area contributed by atoms with Gasteiger partial charge >= 0.3 is 0 Å². The average molecular weight is 125 g/mol. The van der Waals surface area contributed by atoms with E-state index in [1.165, 1.54) is 25.7 Å². The van der Waals surface area contributed by atoms with Crippen LogP contribution in [-0.4, -0.2) is 12.1 Å². The van der Waals surface area contributed by atoms with Gasteiger partial charge in [0.15, 0.2) is 0 Å². The van der Waals surface area contributed by atoms with Crippen LogP contribution in [0.15, 0.2) is 0 Å². The molecule has 9 heavy (non-hydrogen) atoms. The van der Waals surface area contributed by atoms with E-state index in [0.29, 0.717) is 0 Å². The van der Waals surface area contributed by atoms with Crippen molar-refractivity contribution in [3.05, 3.63) is 0 Å². The fourth-order valence-electron chi connectivity index (χ4n) is 1.62. The highest BCUT2D eigenvalue weighted by Crippen LogP contribution is 2.30. The molecule has 1 N–H and O–H groups in total. The highest BCUT2D eigenvalue weighted by Gasteiger charge is 2.30. The topological polar surface area (TPSA) is 12.0 Å². The molecule has 0 atom stereocenters. The summed E-state index contributed by atoms with van der Waals surface area (Å²) < 4.78 is 0. The van der Waals surface area contributed by atoms with Crippen molar-refractivity contribution in [3.63, 3.8) is 0 Å². The summed E-state index contributed by atoms with van der Waals surface area (Å²) in [4.78, 5) is 0. The zero-order valence-electron chi connectivity index (χ0n) is 6.06. The monoisotopic (exact) mass is 125 g/mol. The molecule has 0 bridgehead atoms. The minimum Gasteiger partial charge on any atom is -0.311 e. The Morgan fingerprint density at radius 3 is 2.22 bits per heavy atom. The molecule has 2 saturated carbocycles. The molecule has 0 spiro atoms. The average Bonchev–Trinajstić information content (AvgIpc) is 2.45. The first-order chi connectivity index (χ1) is 4.34. The van der Waals surface area contributed by atoms with Crippen molar-refractivity contribution in [1.29, 1.82) is 0 Å². The van der Waals surface area contributed by atoms with Crippen LogP contribution in [0.1, 0.15) is 32.6 Å². The first-order valence-corrected chi connectivity index (χ1v) is 4.10. The second-order valence-electron chi connectivity index (χ2n) is 3.71. The van der Waals surface area contributed by atoms with Crippen molar-refractivity contribution >= 4 is 0 Å². The van der Waals surface area contributed by atoms with Crippen LogP contribution in [-0.2, 0) is 0 Å². The van der Waals surface area contributed by atoms with Crippen LogP contribution in [0.3, 0.4) is 0 Å². The van der Waals surface area contributed by atoms with E-state index in [4.69, 9.17) is 0 Å². The van der Waals surface area contributed by atoms with Crippen molar-refractivity contribution in [3.8, 4) is 0 Å². The van der Waals surface area contributed by atoms with E-state index in [0.717, 1.165) is 18.0 Å². The molecular formula is C8H15N. The van der Waals surface area contributed by atoms with Crippen LogP contribution in [0.4, 0.5) is 0 Å². The molecule has 0 unspecified atom stereocenters. The van der Waals surface area contributed by atoms with E-state index in [9.17, 15) is 0 Å². The van der Waals surface area contributed by atoms with Gasteiger partial charge in [-0.15, -0.1) is 0 Å². The van der Waals surface area contributed by atoms with Crippen molar-refractivity contribution in [2.75, 3.05) is 0 Å². The Balaban J connectivity index is 1.64. The van der Waals surface area contributed by atoms with E-state index in [-0.39, 0.29) is 0 Å². The molecule has 0 saturated heterocycles. The lowest BCUT2D eigenvalue weighted by Gasteiger charge is -2.33. The molecule has 2 rings (SSSR count). The molecule has 0 radical (unpaired) electrons. The van der Waals surface area contributed by atoms with Gasteiger partial charge < -0.3 is 5.32 Å². The van der Waals surface area contributed by atoms with Crippen molar-refractivity contribution < 1.29 is 0 Å². The van der Waals surface area contributed by atoms with E-state index in [2.05, 4.69) is 12.2 Å². The smallest absolute Gasteiger partial charge is 0.00747 e. The number of hydrogen-bond acceptors (Lipinski definition) is 1. The summed E-state index contributed by atoms with van der Waals surface area (Å²) in [6, 6.07) is 1.81. The van der Waals surface area contributed by atoms with Crippen molar-refractivity contribution in [2.24, 2.45) is 5.92 Å². The molecule has 0 aromatic heterocycles. The van der Waals surface area contributed by atoms with Gasteiger partial charge in [0.2, 0.25) is 0 Å². The summed E-state index contributed by atoms with van der Waals surface area (Å²) in [6.07, 6.45) is 5.72. The third-order valence-electron chi connectivity index (χ3n) is 2.42. The van der Waals surface area contributed by atoms with Gasteiger partial charge in [0.25, 0.3) is 0 Å². The Morgan fingerprint density at radius 2 is 1.78 bits per heavy atom. The van der Waals surface area contributed by atoms with Crippen LogP contribution in [0.2, 0.25) is 0 Å². The van der Waals surface area contributed by atoms with Crippen LogP contribution in [0, 0.1) is 5.92 Å². The SMILES string of the molecule is CC1CC(NC2CC2)C1. The molecule has 0 heterocycles. The molecule has 0 aromatic carbocycles. The maximum Gasteiger partial charge on any atom is 0.00747 e. The summed E-state index contributed by atoms with van der Waals surface area (Å²) in [5.41, 5.74) is 0. The third-order valence-corrected chi connectivity index (χ3v) is 2.42. The van der Waals surface area contributed by atoms with Gasteiger partial charge in [-0.2, -0.15) is 0 Å². The fourth-order valence-corrected chi connectivity index (χ4v) is 1.62. The van der Waals surface area contributed by atoms with Crippen LogP contribution in [0.5, 0.6) is 0 Å². The molecule has 52 valence electrons. The first-order valence-electron chi connectivity index (χ1n) is 4.10. The zero-order chi connectivity index (χ0) is 6.27. The third kappa shape index (κ3) is 1.26. The van der Waals surface area contributed by atoms with E-state index in [1.807, 2.05) is 0 Å². The van der Waals surface area contributed by atoms with Gasteiger partial charge in [-0.3, -0.25) is 0 Å². The standard InChI is InChI=1S/C8H15N/c1-6-4-8(5-6)9-7-2-3-7/h6-9H,2-5H2,1H3. The van der Waals surface area contributed by atoms with Gasteiger partial charge in [0, 0.05) is 12.1 Å². The Kier molecular flexibility index (Phi) is 1.26. The van der Waals surface area contributed by atoms with E-state index < -0.39 is 0 Å². The normalized spacial score (nSPS) is 42.3. The maximum atomic E-state index is 3.62. The summed E-state index contributed by atoms with van der Waals surface area (Å²) in [7, 11) is 0. The minimum atomic E-state index is 0.896. The second-order valence-corrected chi connectivity index (χ2v) is 3.71. The van der Waals surface area contributed by atoms with Gasteiger partial charge in [-0.25, -0.2) is 0 Å². The summed E-state index contributed by atoms with van der Waals surface area (Å²) in [5, 5.41) is 3.62. The Hall–Kier alpha value is -0.0400. The van der Waals surface area contributed by atoms with Gasteiger partial charge in [0.1, 0.15) is 0 Å². The molecule has 2 fully saturated rings. The molecule has 1 nitrogen and oxygen atoms in total. The van der Waals surface area contributed by atoms with E-state index >= 15 is 0 Å². The molecule has 2 aliphatic rings. The second kappa shape index (κ2) is 1.98. The minimum absolute atomic E-state index is 0.896. The largest absolute Gasteiger partial charge is 0.311 e. The summed E-state index contributed by atoms with van der Waals surface area (Å²) in [6.45, 7) is 2.34. The summed E-state index contributed by atoms with van der Waals surface area (Å²) >= 11 is 0. The number of nitrogens with one attached hydrogen (secondary N) is 1. The zero-order valence-corrected chi connectivity index (χ0v) is 6.06. The maximum absolute atomic E-state index is 3.62. The molecular weight excluding hydrogens is 110 g/mol. The molecule has 1 heteroatoms. The van der Waals surface area contributed by atoms with E-state index in [1.54, 1.807) is 0 Å². The first kappa shape index (κ1) is 5.72. The Bertz CT molecular complexity index is 101. The van der Waals surface area contributed by atoms with Crippen LogP contribution in [0.25, 0.3) is 0 Å². The molecule has 0 amide bonds. The van der Waals surface area contributed by atoms with Gasteiger partial charge in [-0.1, -0.05) is 6.92 Å². The Labute approximate surface area is 56.8 Å². The predicted molar refractivity (Wildman–Crippen MR) is 38.3 cm³/mol. The van der Waals surface area contributed by atoms with Crippen LogP contribution >= 0.6 is 0 Å². The molecule has 0 aromatic rings. The number of rotatable bonds is 2. The van der Waals surface area contributed by atoms with Gasteiger partial charge in [0.05, 0.1) is 0 Å². The lowest BCUT2D eigenvalue weighted by Crippen LogP contribution is -2.41. The van der Waals surface area contributed by atoms with Crippen LogP contribution < -0.4 is 5.32 Å².